The predicted octanol–water partition coefficient (Wildman–Crippen LogP) is 6.82. The first-order chi connectivity index (χ1) is 16.2. The third kappa shape index (κ3) is 3.52. The molecule has 1 aliphatic heterocycles. The predicted molar refractivity (Wildman–Crippen MR) is 133 cm³/mol. The number of fused-ring (bicyclic) bond motifs is 3. The Kier molecular flexibility index (Phi) is 4.79. The second kappa shape index (κ2) is 7.96. The van der Waals surface area contributed by atoms with Gasteiger partial charge in [0, 0.05) is 10.5 Å². The summed E-state index contributed by atoms with van der Waals surface area (Å²) in [4.78, 5) is 5.78. The normalized spacial score (nSPS) is 15.3. The lowest BCUT2D eigenvalue weighted by molar-refractivity contribution is 0.393. The van der Waals surface area contributed by atoms with E-state index in [1.807, 2.05) is 42.5 Å². The molecule has 1 unspecified atom stereocenters. The van der Waals surface area contributed by atoms with Crippen molar-refractivity contribution in [3.8, 4) is 11.8 Å². The summed E-state index contributed by atoms with van der Waals surface area (Å²) >= 11 is 3.29. The van der Waals surface area contributed by atoms with Crippen molar-refractivity contribution >= 4 is 44.1 Å². The lowest BCUT2D eigenvalue weighted by atomic mass is 9.83. The maximum absolute atomic E-state index is 9.94. The molecule has 158 valence electrons. The summed E-state index contributed by atoms with van der Waals surface area (Å²) in [6, 6.07) is 31.0. The second-order valence-corrected chi connectivity index (χ2v) is 10.1. The van der Waals surface area contributed by atoms with Gasteiger partial charge in [0.2, 0.25) is 5.88 Å². The molecule has 2 N–H and O–H groups in total. The van der Waals surface area contributed by atoms with Crippen LogP contribution in [-0.2, 0) is 0 Å². The number of hydrogen-bond acceptors (Lipinski definition) is 6. The zero-order chi connectivity index (χ0) is 22.4. The largest absolute Gasteiger partial charge is 0.440 e. The van der Waals surface area contributed by atoms with E-state index in [4.69, 9.17) is 15.5 Å². The molecule has 4 nitrogen and oxygen atoms in total. The van der Waals surface area contributed by atoms with Crippen molar-refractivity contribution in [2.24, 2.45) is 5.73 Å². The molecule has 33 heavy (non-hydrogen) atoms. The van der Waals surface area contributed by atoms with Crippen LogP contribution in [0.3, 0.4) is 0 Å². The molecule has 4 aromatic carbocycles. The maximum atomic E-state index is 9.94. The van der Waals surface area contributed by atoms with Gasteiger partial charge in [0.05, 0.1) is 16.1 Å². The molecule has 0 spiro atoms. The van der Waals surface area contributed by atoms with E-state index in [1.165, 1.54) is 0 Å². The smallest absolute Gasteiger partial charge is 0.205 e. The molecule has 0 amide bonds. The Morgan fingerprint density at radius 3 is 2.61 bits per heavy atom. The number of para-hydroxylation sites is 1. The van der Waals surface area contributed by atoms with Crippen LogP contribution in [0.2, 0.25) is 0 Å². The Bertz CT molecular complexity index is 1580. The first kappa shape index (κ1) is 19.9. The van der Waals surface area contributed by atoms with Crippen LogP contribution in [0.15, 0.2) is 106 Å². The Balaban J connectivity index is 1.45. The summed E-state index contributed by atoms with van der Waals surface area (Å²) in [7, 11) is 0. The molecule has 6 rings (SSSR count). The summed E-state index contributed by atoms with van der Waals surface area (Å²) in [6.45, 7) is 0. The SMILES string of the molecule is N#CC1=C(N)Oc2ccc(Sc3nc4ccccc4s3)cc2C1c1ccc2ccccc2c1. The Morgan fingerprint density at radius 1 is 0.939 bits per heavy atom. The molecule has 0 fully saturated rings. The van der Waals surface area contributed by atoms with Gasteiger partial charge < -0.3 is 10.5 Å². The van der Waals surface area contributed by atoms with Gasteiger partial charge in [-0.1, -0.05) is 66.4 Å². The van der Waals surface area contributed by atoms with Crippen molar-refractivity contribution in [3.63, 3.8) is 0 Å². The number of nitrogens with two attached hydrogens (primary N) is 1. The van der Waals surface area contributed by atoms with Crippen molar-refractivity contribution in [2.75, 3.05) is 0 Å². The van der Waals surface area contributed by atoms with E-state index >= 15 is 0 Å². The van der Waals surface area contributed by atoms with Crippen molar-refractivity contribution in [3.05, 3.63) is 108 Å². The monoisotopic (exact) mass is 463 g/mol. The number of allylic oxidation sites excluding steroid dienone is 1. The van der Waals surface area contributed by atoms with Gasteiger partial charge in [-0.15, -0.1) is 11.3 Å². The van der Waals surface area contributed by atoms with Crippen LogP contribution >= 0.6 is 23.1 Å². The van der Waals surface area contributed by atoms with E-state index in [2.05, 4.69) is 48.5 Å². The van der Waals surface area contributed by atoms with Gasteiger partial charge >= 0.3 is 0 Å². The number of nitriles is 1. The maximum Gasteiger partial charge on any atom is 0.205 e. The fraction of sp³-hybridized carbons (Fsp3) is 0.0370. The van der Waals surface area contributed by atoms with Crippen LogP contribution < -0.4 is 10.5 Å². The lowest BCUT2D eigenvalue weighted by Crippen LogP contribution is -2.21. The van der Waals surface area contributed by atoms with E-state index in [0.717, 1.165) is 41.4 Å². The average molecular weight is 464 g/mol. The zero-order valence-corrected chi connectivity index (χ0v) is 19.0. The molecule has 0 saturated heterocycles. The van der Waals surface area contributed by atoms with Crippen LogP contribution in [0.25, 0.3) is 21.0 Å². The molecule has 1 aromatic heterocycles. The second-order valence-electron chi connectivity index (χ2n) is 7.78. The fourth-order valence-electron chi connectivity index (χ4n) is 4.23. The Labute approximate surface area is 199 Å². The molecular formula is C27H17N3OS2. The third-order valence-electron chi connectivity index (χ3n) is 5.77. The standard InChI is InChI=1S/C27H17N3OS2/c28-15-21-25(18-10-9-16-5-1-2-6-17(16)13-18)20-14-19(11-12-23(20)31-26(21)29)32-27-30-22-7-3-4-8-24(22)33-27/h1-14,25H,29H2. The highest BCUT2D eigenvalue weighted by Crippen LogP contribution is 2.45. The summed E-state index contributed by atoms with van der Waals surface area (Å²) in [6.07, 6.45) is 0. The number of ether oxygens (including phenoxy) is 1. The number of rotatable bonds is 3. The van der Waals surface area contributed by atoms with Crippen LogP contribution in [0.1, 0.15) is 17.0 Å². The number of nitrogens with zero attached hydrogens (tertiary/aromatic N) is 2. The highest BCUT2D eigenvalue weighted by atomic mass is 32.2. The Morgan fingerprint density at radius 2 is 1.76 bits per heavy atom. The van der Waals surface area contributed by atoms with Crippen LogP contribution in [0.4, 0.5) is 0 Å². The van der Waals surface area contributed by atoms with Gasteiger partial charge in [-0.3, -0.25) is 0 Å². The third-order valence-corrected chi connectivity index (χ3v) is 7.86. The molecule has 1 aliphatic rings. The minimum absolute atomic E-state index is 0.162. The zero-order valence-electron chi connectivity index (χ0n) is 17.4. The van der Waals surface area contributed by atoms with E-state index in [-0.39, 0.29) is 11.8 Å². The molecule has 0 radical (unpaired) electrons. The van der Waals surface area contributed by atoms with Gasteiger partial charge in [0.15, 0.2) is 4.34 Å². The average Bonchev–Trinajstić information content (AvgIpc) is 3.25. The first-order valence-corrected chi connectivity index (χ1v) is 12.1. The van der Waals surface area contributed by atoms with Crippen molar-refractivity contribution in [1.82, 2.24) is 4.98 Å². The number of aromatic nitrogens is 1. The van der Waals surface area contributed by atoms with Crippen LogP contribution in [-0.4, -0.2) is 4.98 Å². The summed E-state index contributed by atoms with van der Waals surface area (Å²) < 4.78 is 7.98. The van der Waals surface area contributed by atoms with Gasteiger partial charge in [0.25, 0.3) is 0 Å². The molecule has 0 aliphatic carbocycles. The minimum Gasteiger partial charge on any atom is -0.440 e. The lowest BCUT2D eigenvalue weighted by Gasteiger charge is -2.27. The van der Waals surface area contributed by atoms with Crippen molar-refractivity contribution in [1.29, 1.82) is 5.26 Å². The van der Waals surface area contributed by atoms with Gasteiger partial charge in [-0.2, -0.15) is 5.26 Å². The summed E-state index contributed by atoms with van der Waals surface area (Å²) in [5, 5.41) is 12.2. The van der Waals surface area contributed by atoms with Crippen LogP contribution in [0, 0.1) is 11.3 Å². The highest BCUT2D eigenvalue weighted by molar-refractivity contribution is 8.01. The number of thiazole rings is 1. The van der Waals surface area contributed by atoms with Gasteiger partial charge in [-0.05, 0) is 46.7 Å². The van der Waals surface area contributed by atoms with Crippen molar-refractivity contribution in [2.45, 2.75) is 15.2 Å². The summed E-state index contributed by atoms with van der Waals surface area (Å²) in [5.74, 6) is 0.548. The molecule has 5 aromatic rings. The molecule has 6 heteroatoms. The molecule has 2 heterocycles. The first-order valence-electron chi connectivity index (χ1n) is 10.4. The van der Waals surface area contributed by atoms with E-state index < -0.39 is 0 Å². The number of benzene rings is 4. The quantitative estimate of drug-likeness (QED) is 0.318. The van der Waals surface area contributed by atoms with Crippen LogP contribution in [0.5, 0.6) is 5.75 Å². The molecule has 0 bridgehead atoms. The highest BCUT2D eigenvalue weighted by Gasteiger charge is 2.31. The van der Waals surface area contributed by atoms with Gasteiger partial charge in [-0.25, -0.2) is 4.98 Å². The molecule has 0 saturated carbocycles. The topological polar surface area (TPSA) is 71.9 Å². The van der Waals surface area contributed by atoms with E-state index in [0.29, 0.717) is 11.3 Å². The van der Waals surface area contributed by atoms with Crippen molar-refractivity contribution < 1.29 is 4.74 Å². The molecular weight excluding hydrogens is 446 g/mol. The van der Waals surface area contributed by atoms with E-state index in [1.54, 1.807) is 23.1 Å². The Hall–Kier alpha value is -3.79. The molecule has 1 atom stereocenters. The fourth-order valence-corrected chi connectivity index (χ4v) is 6.32. The van der Waals surface area contributed by atoms with E-state index in [9.17, 15) is 5.26 Å². The van der Waals surface area contributed by atoms with Gasteiger partial charge in [0.1, 0.15) is 17.4 Å². The number of hydrogen-bond donors (Lipinski definition) is 1. The minimum atomic E-state index is -0.292. The summed E-state index contributed by atoms with van der Waals surface area (Å²) in [5.41, 5.74) is 9.55.